The van der Waals surface area contributed by atoms with Crippen LogP contribution in [0.4, 0.5) is 17.3 Å². The number of benzene rings is 1. The van der Waals surface area contributed by atoms with Gasteiger partial charge in [-0.3, -0.25) is 0 Å². The Morgan fingerprint density at radius 1 is 1.10 bits per heavy atom. The SMILES string of the molecule is CCCNc1ncnc(Nc2ccc(Cl)cc2Cl)c1CC. The van der Waals surface area contributed by atoms with Crippen molar-refractivity contribution in [3.05, 3.63) is 40.1 Å². The van der Waals surface area contributed by atoms with Crippen molar-refractivity contribution in [3.8, 4) is 0 Å². The summed E-state index contributed by atoms with van der Waals surface area (Å²) < 4.78 is 0. The summed E-state index contributed by atoms with van der Waals surface area (Å²) in [4.78, 5) is 8.63. The Kier molecular flexibility index (Phi) is 5.65. The van der Waals surface area contributed by atoms with Gasteiger partial charge in [-0.25, -0.2) is 9.97 Å². The van der Waals surface area contributed by atoms with E-state index in [0.29, 0.717) is 10.0 Å². The van der Waals surface area contributed by atoms with Crippen LogP contribution in [0.3, 0.4) is 0 Å². The van der Waals surface area contributed by atoms with Gasteiger partial charge in [-0.2, -0.15) is 0 Å². The molecule has 0 bridgehead atoms. The van der Waals surface area contributed by atoms with Crippen molar-refractivity contribution < 1.29 is 0 Å². The van der Waals surface area contributed by atoms with Crippen molar-refractivity contribution in [2.24, 2.45) is 0 Å². The summed E-state index contributed by atoms with van der Waals surface area (Å²) in [5.41, 5.74) is 1.81. The second-order valence-corrected chi connectivity index (χ2v) is 5.42. The molecule has 0 aliphatic heterocycles. The quantitative estimate of drug-likeness (QED) is 0.792. The fraction of sp³-hybridized carbons (Fsp3) is 0.333. The molecule has 2 rings (SSSR count). The number of nitrogens with one attached hydrogen (secondary N) is 2. The standard InChI is InChI=1S/C15H18Cl2N4/c1-3-7-18-14-11(4-2)15(20-9-19-14)21-13-6-5-10(16)8-12(13)17/h5-6,8-9H,3-4,7H2,1-2H3,(H2,18,19,20,21). The zero-order valence-electron chi connectivity index (χ0n) is 12.1. The maximum atomic E-state index is 6.19. The maximum absolute atomic E-state index is 6.19. The lowest BCUT2D eigenvalue weighted by Gasteiger charge is -2.15. The van der Waals surface area contributed by atoms with E-state index in [4.69, 9.17) is 23.2 Å². The molecule has 4 nitrogen and oxygen atoms in total. The van der Waals surface area contributed by atoms with Gasteiger partial charge in [-0.1, -0.05) is 37.0 Å². The van der Waals surface area contributed by atoms with Crippen LogP contribution in [0.1, 0.15) is 25.8 Å². The molecule has 1 aromatic heterocycles. The Balaban J connectivity index is 2.30. The van der Waals surface area contributed by atoms with E-state index in [1.54, 1.807) is 18.5 Å². The van der Waals surface area contributed by atoms with Crippen molar-refractivity contribution in [2.75, 3.05) is 17.2 Å². The Morgan fingerprint density at radius 3 is 2.52 bits per heavy atom. The van der Waals surface area contributed by atoms with E-state index in [1.165, 1.54) is 0 Å². The van der Waals surface area contributed by atoms with Crippen LogP contribution in [0, 0.1) is 0 Å². The molecular formula is C15H18Cl2N4. The highest BCUT2D eigenvalue weighted by atomic mass is 35.5. The molecule has 0 saturated heterocycles. The second-order valence-electron chi connectivity index (χ2n) is 4.58. The van der Waals surface area contributed by atoms with E-state index in [-0.39, 0.29) is 0 Å². The fourth-order valence-electron chi connectivity index (χ4n) is 1.97. The summed E-state index contributed by atoms with van der Waals surface area (Å²) in [6, 6.07) is 5.33. The molecule has 0 aliphatic rings. The largest absolute Gasteiger partial charge is 0.370 e. The minimum Gasteiger partial charge on any atom is -0.370 e. The van der Waals surface area contributed by atoms with E-state index in [1.807, 2.05) is 6.07 Å². The van der Waals surface area contributed by atoms with E-state index < -0.39 is 0 Å². The summed E-state index contributed by atoms with van der Waals surface area (Å²) in [5.74, 6) is 1.62. The van der Waals surface area contributed by atoms with Crippen LogP contribution >= 0.6 is 23.2 Å². The molecule has 0 radical (unpaired) electrons. The molecule has 0 unspecified atom stereocenters. The summed E-state index contributed by atoms with van der Waals surface area (Å²) >= 11 is 12.1. The first-order chi connectivity index (χ1) is 10.2. The monoisotopic (exact) mass is 324 g/mol. The molecule has 21 heavy (non-hydrogen) atoms. The molecule has 0 saturated carbocycles. The van der Waals surface area contributed by atoms with E-state index >= 15 is 0 Å². The van der Waals surface area contributed by atoms with Gasteiger partial charge in [-0.15, -0.1) is 0 Å². The third kappa shape index (κ3) is 3.99. The number of hydrogen-bond acceptors (Lipinski definition) is 4. The zero-order valence-corrected chi connectivity index (χ0v) is 13.6. The third-order valence-corrected chi connectivity index (χ3v) is 3.57. The van der Waals surface area contributed by atoms with Crippen molar-refractivity contribution in [2.45, 2.75) is 26.7 Å². The molecule has 1 aromatic carbocycles. The predicted octanol–water partition coefficient (Wildman–Crippen LogP) is 4.91. The van der Waals surface area contributed by atoms with Crippen LogP contribution in [-0.2, 0) is 6.42 Å². The fourth-order valence-corrected chi connectivity index (χ4v) is 2.42. The van der Waals surface area contributed by atoms with Gasteiger partial charge < -0.3 is 10.6 Å². The predicted molar refractivity (Wildman–Crippen MR) is 89.9 cm³/mol. The molecule has 0 amide bonds. The Hall–Kier alpha value is -1.52. The molecule has 6 heteroatoms. The van der Waals surface area contributed by atoms with E-state index in [9.17, 15) is 0 Å². The van der Waals surface area contributed by atoms with Crippen molar-refractivity contribution in [3.63, 3.8) is 0 Å². The van der Waals surface area contributed by atoms with Crippen LogP contribution in [0.2, 0.25) is 10.0 Å². The topological polar surface area (TPSA) is 49.8 Å². The first-order valence-corrected chi connectivity index (χ1v) is 7.71. The minimum atomic E-state index is 0.561. The van der Waals surface area contributed by atoms with Crippen LogP contribution in [-0.4, -0.2) is 16.5 Å². The van der Waals surface area contributed by atoms with Crippen molar-refractivity contribution in [1.29, 1.82) is 0 Å². The van der Waals surface area contributed by atoms with E-state index in [2.05, 4.69) is 34.4 Å². The first kappa shape index (κ1) is 15.9. The van der Waals surface area contributed by atoms with Crippen molar-refractivity contribution in [1.82, 2.24) is 9.97 Å². The number of rotatable bonds is 6. The van der Waals surface area contributed by atoms with Gasteiger partial charge in [0.15, 0.2) is 0 Å². The normalized spacial score (nSPS) is 10.5. The molecule has 0 aliphatic carbocycles. The van der Waals surface area contributed by atoms with Gasteiger partial charge in [0.05, 0.1) is 10.7 Å². The molecule has 2 N–H and O–H groups in total. The van der Waals surface area contributed by atoms with Gasteiger partial charge in [0.1, 0.15) is 18.0 Å². The minimum absolute atomic E-state index is 0.561. The maximum Gasteiger partial charge on any atom is 0.139 e. The number of hydrogen-bond donors (Lipinski definition) is 2. The Morgan fingerprint density at radius 2 is 1.86 bits per heavy atom. The molecular weight excluding hydrogens is 307 g/mol. The zero-order chi connectivity index (χ0) is 15.2. The van der Waals surface area contributed by atoms with Crippen LogP contribution < -0.4 is 10.6 Å². The number of aromatic nitrogens is 2. The number of anilines is 3. The second kappa shape index (κ2) is 7.48. The molecule has 0 fully saturated rings. The third-order valence-electron chi connectivity index (χ3n) is 3.03. The van der Waals surface area contributed by atoms with Crippen molar-refractivity contribution >= 4 is 40.5 Å². The summed E-state index contributed by atoms with van der Waals surface area (Å²) in [6.07, 6.45) is 3.41. The number of nitrogens with zero attached hydrogens (tertiary/aromatic N) is 2. The van der Waals surface area contributed by atoms with E-state index in [0.717, 1.165) is 42.3 Å². The molecule has 112 valence electrons. The lowest BCUT2D eigenvalue weighted by molar-refractivity contribution is 0.949. The average Bonchev–Trinajstić information content (AvgIpc) is 2.48. The smallest absolute Gasteiger partial charge is 0.139 e. The summed E-state index contributed by atoms with van der Waals surface area (Å²) in [6.45, 7) is 5.07. The van der Waals surface area contributed by atoms with Gasteiger partial charge in [0.25, 0.3) is 0 Å². The Bertz CT molecular complexity index is 617. The molecule has 1 heterocycles. The van der Waals surface area contributed by atoms with Gasteiger partial charge in [0, 0.05) is 17.1 Å². The number of halogens is 2. The lowest BCUT2D eigenvalue weighted by Crippen LogP contribution is -2.08. The summed E-state index contributed by atoms with van der Waals surface area (Å²) in [7, 11) is 0. The van der Waals surface area contributed by atoms with Gasteiger partial charge >= 0.3 is 0 Å². The average molecular weight is 325 g/mol. The lowest BCUT2D eigenvalue weighted by atomic mass is 10.2. The van der Waals surface area contributed by atoms with Gasteiger partial charge in [-0.05, 0) is 31.0 Å². The molecule has 0 atom stereocenters. The highest BCUT2D eigenvalue weighted by molar-refractivity contribution is 6.36. The van der Waals surface area contributed by atoms with Crippen LogP contribution in [0.15, 0.2) is 24.5 Å². The molecule has 2 aromatic rings. The summed E-state index contributed by atoms with van der Waals surface area (Å²) in [5, 5.41) is 7.74. The highest BCUT2D eigenvalue weighted by Crippen LogP contribution is 2.30. The van der Waals surface area contributed by atoms with Crippen LogP contribution in [0.5, 0.6) is 0 Å². The Labute approximate surface area is 134 Å². The highest BCUT2D eigenvalue weighted by Gasteiger charge is 2.11. The van der Waals surface area contributed by atoms with Crippen LogP contribution in [0.25, 0.3) is 0 Å². The molecule has 0 spiro atoms. The van der Waals surface area contributed by atoms with Gasteiger partial charge in [0.2, 0.25) is 0 Å². The first-order valence-electron chi connectivity index (χ1n) is 6.95.